The molecule has 0 aliphatic rings. The van der Waals surface area contributed by atoms with Gasteiger partial charge >= 0.3 is 0 Å². The van der Waals surface area contributed by atoms with Gasteiger partial charge in [-0.3, -0.25) is 4.79 Å². The number of nitrogens with two attached hydrogens (primary N) is 1. The third kappa shape index (κ3) is 4.12. The normalized spacial score (nSPS) is 12.1. The molecule has 0 fully saturated rings. The van der Waals surface area contributed by atoms with Crippen molar-refractivity contribution in [3.05, 3.63) is 51.5 Å². The summed E-state index contributed by atoms with van der Waals surface area (Å²) in [4.78, 5) is 17.8. The maximum Gasteiger partial charge on any atom is 0.224 e. The van der Waals surface area contributed by atoms with Crippen molar-refractivity contribution in [3.8, 4) is 0 Å². The van der Waals surface area contributed by atoms with Crippen molar-refractivity contribution in [2.24, 2.45) is 5.73 Å². The fourth-order valence-corrected chi connectivity index (χ4v) is 3.00. The van der Waals surface area contributed by atoms with Crippen molar-refractivity contribution in [1.82, 2.24) is 10.3 Å². The van der Waals surface area contributed by atoms with Gasteiger partial charge in [-0.05, 0) is 24.5 Å². The quantitative estimate of drug-likeness (QED) is 0.862. The Morgan fingerprint density at radius 2 is 2.10 bits per heavy atom. The zero-order valence-corrected chi connectivity index (χ0v) is 13.2. The van der Waals surface area contributed by atoms with Crippen molar-refractivity contribution in [3.63, 3.8) is 0 Å². The third-order valence-electron chi connectivity index (χ3n) is 3.36. The molecule has 0 radical (unpaired) electrons. The monoisotopic (exact) mass is 303 g/mol. The van der Waals surface area contributed by atoms with Gasteiger partial charge in [0.15, 0.2) is 0 Å². The lowest BCUT2D eigenvalue weighted by molar-refractivity contribution is -0.121. The maximum atomic E-state index is 12.2. The summed E-state index contributed by atoms with van der Waals surface area (Å²) in [5.74, 6) is -0.00310. The summed E-state index contributed by atoms with van der Waals surface area (Å²) in [5, 5.41) is 3.95. The van der Waals surface area contributed by atoms with Crippen LogP contribution in [0.3, 0.4) is 0 Å². The fourth-order valence-electron chi connectivity index (χ4n) is 2.14. The van der Waals surface area contributed by atoms with Crippen molar-refractivity contribution < 1.29 is 4.79 Å². The third-order valence-corrected chi connectivity index (χ3v) is 4.68. The zero-order valence-electron chi connectivity index (χ0n) is 12.4. The molecular formula is C16H21N3OS. The van der Waals surface area contributed by atoms with E-state index >= 15 is 0 Å². The zero-order chi connectivity index (χ0) is 15.2. The highest BCUT2D eigenvalue weighted by atomic mass is 32.1. The van der Waals surface area contributed by atoms with E-state index in [1.165, 1.54) is 4.88 Å². The van der Waals surface area contributed by atoms with Gasteiger partial charge in [-0.25, -0.2) is 4.98 Å². The predicted molar refractivity (Wildman–Crippen MR) is 86.1 cm³/mol. The smallest absolute Gasteiger partial charge is 0.224 e. The number of amides is 1. The number of rotatable bonds is 6. The van der Waals surface area contributed by atoms with Crippen LogP contribution in [0.4, 0.5) is 0 Å². The van der Waals surface area contributed by atoms with Crippen LogP contribution in [-0.2, 0) is 24.2 Å². The van der Waals surface area contributed by atoms with Gasteiger partial charge in [0, 0.05) is 17.6 Å². The Labute approximate surface area is 129 Å². The lowest BCUT2D eigenvalue weighted by Crippen LogP contribution is -2.28. The number of aryl methyl sites for hydroxylation is 1. The van der Waals surface area contributed by atoms with Crippen molar-refractivity contribution in [2.45, 2.75) is 39.3 Å². The average molecular weight is 303 g/mol. The van der Waals surface area contributed by atoms with Crippen LogP contribution in [-0.4, -0.2) is 10.9 Å². The summed E-state index contributed by atoms with van der Waals surface area (Å²) < 4.78 is 0. The molecule has 2 rings (SSSR count). The van der Waals surface area contributed by atoms with Crippen LogP contribution in [0.5, 0.6) is 0 Å². The average Bonchev–Trinajstić information content (AvgIpc) is 2.96. The van der Waals surface area contributed by atoms with E-state index in [1.54, 1.807) is 11.3 Å². The Balaban J connectivity index is 1.98. The number of benzene rings is 1. The molecule has 5 heteroatoms. The highest BCUT2D eigenvalue weighted by molar-refractivity contribution is 7.11. The van der Waals surface area contributed by atoms with Crippen LogP contribution in [0.15, 0.2) is 30.5 Å². The Hall–Kier alpha value is -1.72. The highest BCUT2D eigenvalue weighted by Crippen LogP contribution is 2.20. The van der Waals surface area contributed by atoms with Crippen LogP contribution in [0.25, 0.3) is 0 Å². The summed E-state index contributed by atoms with van der Waals surface area (Å²) in [6, 6.07) is 7.71. The first kappa shape index (κ1) is 15.7. The Kier molecular flexibility index (Phi) is 5.47. The minimum Gasteiger partial charge on any atom is -0.347 e. The lowest BCUT2D eigenvalue weighted by Gasteiger charge is -2.12. The van der Waals surface area contributed by atoms with E-state index < -0.39 is 0 Å². The first-order valence-electron chi connectivity index (χ1n) is 7.14. The van der Waals surface area contributed by atoms with E-state index in [1.807, 2.05) is 37.4 Å². The maximum absolute atomic E-state index is 12.2. The molecule has 21 heavy (non-hydrogen) atoms. The van der Waals surface area contributed by atoms with E-state index in [2.05, 4.69) is 17.2 Å². The molecule has 4 nitrogen and oxygen atoms in total. The van der Waals surface area contributed by atoms with Crippen LogP contribution >= 0.6 is 11.3 Å². The number of carbonyl (C=O) groups is 1. The summed E-state index contributed by atoms with van der Waals surface area (Å²) in [6.07, 6.45) is 3.21. The Bertz CT molecular complexity index is 609. The fraction of sp³-hybridized carbons (Fsp3) is 0.375. The van der Waals surface area contributed by atoms with Crippen LogP contribution in [0, 0.1) is 0 Å². The molecule has 1 aromatic heterocycles. The van der Waals surface area contributed by atoms with E-state index in [0.29, 0.717) is 13.0 Å². The molecule has 0 bridgehead atoms. The van der Waals surface area contributed by atoms with Crippen LogP contribution < -0.4 is 11.1 Å². The van der Waals surface area contributed by atoms with Crippen molar-refractivity contribution >= 4 is 17.2 Å². The van der Waals surface area contributed by atoms with Gasteiger partial charge in [-0.1, -0.05) is 31.2 Å². The molecule has 3 N–H and O–H groups in total. The summed E-state index contributed by atoms with van der Waals surface area (Å²) in [6.45, 7) is 4.51. The van der Waals surface area contributed by atoms with Gasteiger partial charge in [0.2, 0.25) is 5.91 Å². The van der Waals surface area contributed by atoms with Gasteiger partial charge in [0.1, 0.15) is 5.01 Å². The van der Waals surface area contributed by atoms with Gasteiger partial charge in [0.25, 0.3) is 0 Å². The first-order chi connectivity index (χ1) is 10.1. The van der Waals surface area contributed by atoms with Crippen molar-refractivity contribution in [1.29, 1.82) is 0 Å². The molecule has 1 aromatic carbocycles. The molecule has 1 atom stereocenters. The second-order valence-electron chi connectivity index (χ2n) is 4.96. The van der Waals surface area contributed by atoms with Crippen LogP contribution in [0.2, 0.25) is 0 Å². The van der Waals surface area contributed by atoms with Crippen molar-refractivity contribution in [2.75, 3.05) is 0 Å². The number of thiazole rings is 1. The highest BCUT2D eigenvalue weighted by Gasteiger charge is 2.14. The molecule has 1 amide bonds. The standard InChI is InChI=1S/C16H21N3OS/c1-3-14-10-18-16(21-14)11(2)19-15(20)8-12-6-4-5-7-13(12)9-17/h4-7,10-11H,3,8-9,17H2,1-2H3,(H,19,20). The molecule has 0 saturated carbocycles. The topological polar surface area (TPSA) is 68.0 Å². The van der Waals surface area contributed by atoms with Gasteiger partial charge < -0.3 is 11.1 Å². The van der Waals surface area contributed by atoms with E-state index in [9.17, 15) is 4.79 Å². The van der Waals surface area contributed by atoms with Gasteiger partial charge in [0.05, 0.1) is 12.5 Å². The summed E-state index contributed by atoms with van der Waals surface area (Å²) in [7, 11) is 0. The lowest BCUT2D eigenvalue weighted by atomic mass is 10.0. The van der Waals surface area contributed by atoms with Gasteiger partial charge in [-0.2, -0.15) is 0 Å². The second kappa shape index (κ2) is 7.33. The van der Waals surface area contributed by atoms with Gasteiger partial charge in [-0.15, -0.1) is 11.3 Å². The first-order valence-corrected chi connectivity index (χ1v) is 7.96. The number of aromatic nitrogens is 1. The largest absolute Gasteiger partial charge is 0.347 e. The molecule has 0 saturated heterocycles. The molecule has 2 aromatic rings. The number of hydrogen-bond donors (Lipinski definition) is 2. The molecule has 0 aliphatic carbocycles. The minimum atomic E-state index is -0.0622. The van der Waals surface area contributed by atoms with Crippen LogP contribution in [0.1, 0.15) is 40.9 Å². The number of nitrogens with one attached hydrogen (secondary N) is 1. The SMILES string of the molecule is CCc1cnc(C(C)NC(=O)Cc2ccccc2CN)s1. The Morgan fingerprint density at radius 3 is 2.71 bits per heavy atom. The second-order valence-corrected chi connectivity index (χ2v) is 6.10. The van der Waals surface area contributed by atoms with E-state index in [-0.39, 0.29) is 11.9 Å². The molecule has 0 spiro atoms. The molecular weight excluding hydrogens is 282 g/mol. The number of carbonyl (C=O) groups excluding carboxylic acids is 1. The molecule has 1 heterocycles. The Morgan fingerprint density at radius 1 is 1.38 bits per heavy atom. The minimum absolute atomic E-state index is 0.00310. The number of nitrogens with zero attached hydrogens (tertiary/aromatic N) is 1. The molecule has 0 aliphatic heterocycles. The molecule has 112 valence electrons. The predicted octanol–water partition coefficient (Wildman–Crippen LogP) is 2.58. The van der Waals surface area contributed by atoms with E-state index in [0.717, 1.165) is 22.6 Å². The summed E-state index contributed by atoms with van der Waals surface area (Å²) >= 11 is 1.65. The number of hydrogen-bond acceptors (Lipinski definition) is 4. The molecule has 1 unspecified atom stereocenters. The summed E-state index contributed by atoms with van der Waals surface area (Å²) in [5.41, 5.74) is 7.70. The van der Waals surface area contributed by atoms with E-state index in [4.69, 9.17) is 5.73 Å².